The molecule has 2 rings (SSSR count). The highest BCUT2D eigenvalue weighted by Gasteiger charge is 2.05. The fourth-order valence-electron chi connectivity index (χ4n) is 1.53. The van der Waals surface area contributed by atoms with Crippen molar-refractivity contribution in [2.45, 2.75) is 19.7 Å². The van der Waals surface area contributed by atoms with Crippen molar-refractivity contribution in [2.24, 2.45) is 0 Å². The number of alkyl halides is 1. The summed E-state index contributed by atoms with van der Waals surface area (Å²) in [6, 6.07) is 6.49. The Morgan fingerprint density at radius 2 is 1.88 bits per heavy atom. The average molecular weight is 238 g/mol. The molecule has 84 valence electrons. The Labute approximate surface area is 98.6 Å². The van der Waals surface area contributed by atoms with E-state index in [0.29, 0.717) is 11.9 Å². The Bertz CT molecular complexity index is 475. The molecule has 0 spiro atoms. The van der Waals surface area contributed by atoms with Gasteiger partial charge in [0, 0.05) is 5.69 Å². The summed E-state index contributed by atoms with van der Waals surface area (Å²) in [5, 5.41) is 10.6. The maximum Gasteiger partial charge on any atom is 0.320 e. The number of aryl methyl sites for hydroxylation is 2. The molecule has 0 aliphatic carbocycles. The summed E-state index contributed by atoms with van der Waals surface area (Å²) in [5.74, 6) is 0.634. The third-order valence-electron chi connectivity index (χ3n) is 2.05. The van der Waals surface area contributed by atoms with Crippen molar-refractivity contribution in [3.8, 4) is 0 Å². The van der Waals surface area contributed by atoms with Gasteiger partial charge < -0.3 is 9.73 Å². The molecule has 0 saturated heterocycles. The van der Waals surface area contributed by atoms with Crippen LogP contribution in [0.15, 0.2) is 22.6 Å². The maximum absolute atomic E-state index is 5.57. The Balaban J connectivity index is 2.19. The fraction of sp³-hybridized carbons (Fsp3) is 0.273. The highest BCUT2D eigenvalue weighted by atomic mass is 35.5. The zero-order valence-electron chi connectivity index (χ0n) is 9.12. The molecule has 1 N–H and O–H groups in total. The second kappa shape index (κ2) is 4.53. The lowest BCUT2D eigenvalue weighted by molar-refractivity contribution is 0.530. The molecule has 1 aromatic heterocycles. The van der Waals surface area contributed by atoms with Gasteiger partial charge in [-0.25, -0.2) is 0 Å². The van der Waals surface area contributed by atoms with Crippen molar-refractivity contribution in [1.29, 1.82) is 0 Å². The maximum atomic E-state index is 5.57. The fourth-order valence-corrected chi connectivity index (χ4v) is 1.64. The zero-order chi connectivity index (χ0) is 11.5. The molecule has 16 heavy (non-hydrogen) atoms. The number of hydrogen-bond donors (Lipinski definition) is 1. The van der Waals surface area contributed by atoms with Gasteiger partial charge >= 0.3 is 6.01 Å². The number of rotatable bonds is 3. The van der Waals surface area contributed by atoms with Gasteiger partial charge in [0.2, 0.25) is 5.89 Å². The predicted octanol–water partition coefficient (Wildman–Crippen LogP) is 3.17. The number of nitrogens with one attached hydrogen (secondary N) is 1. The molecule has 0 saturated carbocycles. The largest absolute Gasteiger partial charge is 0.407 e. The van der Waals surface area contributed by atoms with E-state index < -0.39 is 0 Å². The van der Waals surface area contributed by atoms with E-state index in [1.165, 1.54) is 11.1 Å². The SMILES string of the molecule is Cc1cc(C)cc(Nc2nnc(CCl)o2)c1. The summed E-state index contributed by atoms with van der Waals surface area (Å²) in [4.78, 5) is 0. The second-order valence-corrected chi connectivity index (χ2v) is 3.90. The molecule has 1 aromatic carbocycles. The first-order chi connectivity index (χ1) is 7.67. The molecule has 2 aromatic rings. The van der Waals surface area contributed by atoms with Crippen LogP contribution in [0.1, 0.15) is 17.0 Å². The molecule has 0 radical (unpaired) electrons. The molecule has 0 unspecified atom stereocenters. The normalized spacial score (nSPS) is 10.4. The van der Waals surface area contributed by atoms with E-state index in [-0.39, 0.29) is 5.88 Å². The van der Waals surface area contributed by atoms with E-state index in [4.69, 9.17) is 16.0 Å². The minimum atomic E-state index is 0.224. The Morgan fingerprint density at radius 3 is 2.44 bits per heavy atom. The van der Waals surface area contributed by atoms with E-state index in [0.717, 1.165) is 5.69 Å². The van der Waals surface area contributed by atoms with Crippen LogP contribution >= 0.6 is 11.6 Å². The molecular formula is C11H12ClN3O. The van der Waals surface area contributed by atoms with Crippen LogP contribution in [0.5, 0.6) is 0 Å². The molecule has 0 bridgehead atoms. The topological polar surface area (TPSA) is 51.0 Å². The summed E-state index contributed by atoms with van der Waals surface area (Å²) in [7, 11) is 0. The minimum Gasteiger partial charge on any atom is -0.407 e. The van der Waals surface area contributed by atoms with Gasteiger partial charge in [0.25, 0.3) is 0 Å². The highest BCUT2D eigenvalue weighted by Crippen LogP contribution is 2.18. The number of hydrogen-bond acceptors (Lipinski definition) is 4. The summed E-state index contributed by atoms with van der Waals surface area (Å²) < 4.78 is 5.25. The van der Waals surface area contributed by atoms with Crippen LogP contribution in [0.4, 0.5) is 11.7 Å². The predicted molar refractivity (Wildman–Crippen MR) is 63.1 cm³/mol. The quantitative estimate of drug-likeness (QED) is 0.833. The number of benzene rings is 1. The van der Waals surface area contributed by atoms with Gasteiger partial charge in [-0.3, -0.25) is 0 Å². The van der Waals surface area contributed by atoms with Crippen molar-refractivity contribution in [3.63, 3.8) is 0 Å². The first-order valence-electron chi connectivity index (χ1n) is 4.91. The Kier molecular flexibility index (Phi) is 3.10. The third kappa shape index (κ3) is 2.52. The van der Waals surface area contributed by atoms with Gasteiger partial charge in [0.05, 0.1) is 0 Å². The van der Waals surface area contributed by atoms with Gasteiger partial charge in [0.15, 0.2) is 0 Å². The van der Waals surface area contributed by atoms with Crippen LogP contribution in [-0.2, 0) is 5.88 Å². The van der Waals surface area contributed by atoms with Gasteiger partial charge in [-0.05, 0) is 37.1 Å². The molecule has 0 aliphatic rings. The van der Waals surface area contributed by atoms with Crippen LogP contribution < -0.4 is 5.32 Å². The summed E-state index contributed by atoms with van der Waals surface area (Å²) in [5.41, 5.74) is 3.29. The lowest BCUT2D eigenvalue weighted by Gasteiger charge is -2.04. The minimum absolute atomic E-state index is 0.224. The molecule has 5 heteroatoms. The smallest absolute Gasteiger partial charge is 0.320 e. The van der Waals surface area contributed by atoms with Gasteiger partial charge in [0.1, 0.15) is 5.88 Å². The number of nitrogens with zero attached hydrogens (tertiary/aromatic N) is 2. The van der Waals surface area contributed by atoms with Crippen LogP contribution in [0, 0.1) is 13.8 Å². The first-order valence-corrected chi connectivity index (χ1v) is 5.44. The lowest BCUT2D eigenvalue weighted by Crippen LogP contribution is -1.91. The van der Waals surface area contributed by atoms with Crippen LogP contribution in [0.3, 0.4) is 0 Å². The third-order valence-corrected chi connectivity index (χ3v) is 2.28. The number of aromatic nitrogens is 2. The Morgan fingerprint density at radius 1 is 1.19 bits per heavy atom. The van der Waals surface area contributed by atoms with E-state index >= 15 is 0 Å². The van der Waals surface area contributed by atoms with Crippen LogP contribution in [0.25, 0.3) is 0 Å². The Hall–Kier alpha value is -1.55. The molecule has 4 nitrogen and oxygen atoms in total. The van der Waals surface area contributed by atoms with Crippen LogP contribution in [-0.4, -0.2) is 10.2 Å². The van der Waals surface area contributed by atoms with E-state index in [2.05, 4.69) is 21.6 Å². The number of anilines is 2. The van der Waals surface area contributed by atoms with Gasteiger partial charge in [-0.1, -0.05) is 11.2 Å². The van der Waals surface area contributed by atoms with Gasteiger partial charge in [-0.2, -0.15) is 0 Å². The molecule has 0 fully saturated rings. The standard InChI is InChI=1S/C11H12ClN3O/c1-7-3-8(2)5-9(4-7)13-11-15-14-10(6-12)16-11/h3-5H,6H2,1-2H3,(H,13,15). The van der Waals surface area contributed by atoms with E-state index in [1.807, 2.05) is 26.0 Å². The zero-order valence-corrected chi connectivity index (χ0v) is 9.88. The van der Waals surface area contributed by atoms with Crippen LogP contribution in [0.2, 0.25) is 0 Å². The summed E-state index contributed by atoms with van der Waals surface area (Å²) in [6.07, 6.45) is 0. The molecule has 0 aliphatic heterocycles. The van der Waals surface area contributed by atoms with Crippen molar-refractivity contribution in [3.05, 3.63) is 35.2 Å². The average Bonchev–Trinajstić information content (AvgIpc) is 2.64. The molecule has 0 atom stereocenters. The van der Waals surface area contributed by atoms with E-state index in [9.17, 15) is 0 Å². The first kappa shape index (κ1) is 11.0. The molecule has 0 amide bonds. The lowest BCUT2D eigenvalue weighted by atomic mass is 10.1. The second-order valence-electron chi connectivity index (χ2n) is 3.64. The highest BCUT2D eigenvalue weighted by molar-refractivity contribution is 6.16. The van der Waals surface area contributed by atoms with Gasteiger partial charge in [-0.15, -0.1) is 16.7 Å². The molecule has 1 heterocycles. The van der Waals surface area contributed by atoms with Crippen molar-refractivity contribution >= 4 is 23.3 Å². The summed E-state index contributed by atoms with van der Waals surface area (Å²) >= 11 is 5.57. The van der Waals surface area contributed by atoms with Crippen molar-refractivity contribution in [1.82, 2.24) is 10.2 Å². The van der Waals surface area contributed by atoms with E-state index in [1.54, 1.807) is 0 Å². The number of halogens is 1. The monoisotopic (exact) mass is 237 g/mol. The van der Waals surface area contributed by atoms with Crippen molar-refractivity contribution < 1.29 is 4.42 Å². The summed E-state index contributed by atoms with van der Waals surface area (Å²) in [6.45, 7) is 4.08. The van der Waals surface area contributed by atoms with Crippen molar-refractivity contribution in [2.75, 3.05) is 5.32 Å². The molecular weight excluding hydrogens is 226 g/mol.